The van der Waals surface area contributed by atoms with Crippen LogP contribution in [0.2, 0.25) is 0 Å². The highest BCUT2D eigenvalue weighted by molar-refractivity contribution is 6.04. The number of hydrogen-bond acceptors (Lipinski definition) is 3. The Labute approximate surface area is 187 Å². The summed E-state index contributed by atoms with van der Waals surface area (Å²) in [4.78, 5) is 14.6. The number of ether oxygens (including phenoxy) is 1. The van der Waals surface area contributed by atoms with Crippen molar-refractivity contribution in [1.29, 1.82) is 0 Å². The summed E-state index contributed by atoms with van der Waals surface area (Å²) in [6.07, 6.45) is 3.20. The number of anilines is 1. The molecular formula is C26H26FN3O2. The summed E-state index contributed by atoms with van der Waals surface area (Å²) >= 11 is 0. The van der Waals surface area contributed by atoms with Gasteiger partial charge in [0.1, 0.15) is 17.3 Å². The van der Waals surface area contributed by atoms with Crippen molar-refractivity contribution in [2.24, 2.45) is 0 Å². The molecule has 0 saturated carbocycles. The molecule has 0 radical (unpaired) electrons. The third kappa shape index (κ3) is 5.34. The Bertz CT molecular complexity index is 1220. The van der Waals surface area contributed by atoms with Gasteiger partial charge in [0.2, 0.25) is 0 Å². The van der Waals surface area contributed by atoms with Crippen LogP contribution in [0.15, 0.2) is 79.0 Å². The minimum atomic E-state index is -0.396. The first-order valence-corrected chi connectivity index (χ1v) is 10.6. The SMILES string of the molecule is CN(C)CCCn1ccc2cc(Oc3ccc(C(=O)Nc4cccc(F)c4)cc3)ccc21. The van der Waals surface area contributed by atoms with Crippen LogP contribution in [0.3, 0.4) is 0 Å². The lowest BCUT2D eigenvalue weighted by Gasteiger charge is -2.11. The molecule has 0 unspecified atom stereocenters. The molecule has 4 rings (SSSR count). The lowest BCUT2D eigenvalue weighted by Crippen LogP contribution is -2.14. The van der Waals surface area contributed by atoms with Crippen molar-refractivity contribution in [3.63, 3.8) is 0 Å². The smallest absolute Gasteiger partial charge is 0.255 e. The first kappa shape index (κ1) is 21.6. The molecule has 164 valence electrons. The number of amides is 1. The molecule has 0 aliphatic heterocycles. The van der Waals surface area contributed by atoms with Crippen LogP contribution in [0.25, 0.3) is 10.9 Å². The second-order valence-electron chi connectivity index (χ2n) is 7.98. The first-order chi connectivity index (χ1) is 15.5. The van der Waals surface area contributed by atoms with E-state index in [-0.39, 0.29) is 5.91 Å². The summed E-state index contributed by atoms with van der Waals surface area (Å²) in [6.45, 7) is 2.03. The minimum absolute atomic E-state index is 0.306. The van der Waals surface area contributed by atoms with Gasteiger partial charge in [-0.3, -0.25) is 4.79 Å². The minimum Gasteiger partial charge on any atom is -0.457 e. The number of fused-ring (bicyclic) bond motifs is 1. The van der Waals surface area contributed by atoms with Gasteiger partial charge in [0.15, 0.2) is 0 Å². The molecule has 0 atom stereocenters. The Morgan fingerprint density at radius 1 is 1.00 bits per heavy atom. The highest BCUT2D eigenvalue weighted by atomic mass is 19.1. The van der Waals surface area contributed by atoms with Gasteiger partial charge in [-0.2, -0.15) is 0 Å². The van der Waals surface area contributed by atoms with Crippen molar-refractivity contribution in [3.05, 3.63) is 90.4 Å². The molecule has 5 nitrogen and oxygen atoms in total. The average Bonchev–Trinajstić information content (AvgIpc) is 3.16. The Balaban J connectivity index is 1.40. The lowest BCUT2D eigenvalue weighted by atomic mass is 10.2. The summed E-state index contributed by atoms with van der Waals surface area (Å²) in [7, 11) is 4.17. The monoisotopic (exact) mass is 431 g/mol. The average molecular weight is 432 g/mol. The maximum Gasteiger partial charge on any atom is 0.255 e. The van der Waals surface area contributed by atoms with Crippen LogP contribution in [0, 0.1) is 5.82 Å². The molecule has 1 aromatic heterocycles. The topological polar surface area (TPSA) is 46.5 Å². The van der Waals surface area contributed by atoms with E-state index < -0.39 is 5.82 Å². The Morgan fingerprint density at radius 2 is 1.78 bits per heavy atom. The zero-order valence-electron chi connectivity index (χ0n) is 18.2. The van der Waals surface area contributed by atoms with Crippen LogP contribution in [0.5, 0.6) is 11.5 Å². The Hall–Kier alpha value is -3.64. The van der Waals surface area contributed by atoms with Crippen LogP contribution >= 0.6 is 0 Å². The normalized spacial score (nSPS) is 11.1. The van der Waals surface area contributed by atoms with E-state index in [1.807, 2.05) is 12.1 Å². The van der Waals surface area contributed by atoms with Crippen LogP contribution in [-0.4, -0.2) is 36.0 Å². The van der Waals surface area contributed by atoms with Gasteiger partial charge >= 0.3 is 0 Å². The fourth-order valence-electron chi connectivity index (χ4n) is 3.57. The first-order valence-electron chi connectivity index (χ1n) is 10.6. The van der Waals surface area contributed by atoms with E-state index >= 15 is 0 Å². The van der Waals surface area contributed by atoms with Gasteiger partial charge in [-0.1, -0.05) is 6.07 Å². The van der Waals surface area contributed by atoms with Gasteiger partial charge in [-0.15, -0.1) is 0 Å². The fraction of sp³-hybridized carbons (Fsp3) is 0.192. The second-order valence-corrected chi connectivity index (χ2v) is 7.98. The van der Waals surface area contributed by atoms with Crippen molar-refractivity contribution in [2.75, 3.05) is 26.0 Å². The van der Waals surface area contributed by atoms with Gasteiger partial charge in [0, 0.05) is 34.9 Å². The van der Waals surface area contributed by atoms with E-state index in [9.17, 15) is 9.18 Å². The molecule has 3 aromatic carbocycles. The summed E-state index contributed by atoms with van der Waals surface area (Å²) in [6, 6.07) is 20.8. The number of aromatic nitrogens is 1. The molecule has 0 aliphatic rings. The number of hydrogen-bond donors (Lipinski definition) is 1. The van der Waals surface area contributed by atoms with Gasteiger partial charge in [0.05, 0.1) is 0 Å². The van der Waals surface area contributed by atoms with Crippen LogP contribution in [-0.2, 0) is 6.54 Å². The van der Waals surface area contributed by atoms with Gasteiger partial charge < -0.3 is 19.5 Å². The maximum absolute atomic E-state index is 13.3. The number of rotatable bonds is 8. The highest BCUT2D eigenvalue weighted by Gasteiger charge is 2.08. The third-order valence-corrected chi connectivity index (χ3v) is 5.18. The molecule has 6 heteroatoms. The van der Waals surface area contributed by atoms with E-state index in [4.69, 9.17) is 4.74 Å². The molecule has 32 heavy (non-hydrogen) atoms. The molecule has 0 spiro atoms. The molecule has 0 fully saturated rings. The van der Waals surface area contributed by atoms with Gasteiger partial charge in [0.25, 0.3) is 5.91 Å². The molecule has 1 heterocycles. The molecule has 0 bridgehead atoms. The van der Waals surface area contributed by atoms with Crippen LogP contribution in [0.4, 0.5) is 10.1 Å². The summed E-state index contributed by atoms with van der Waals surface area (Å²) in [5, 5.41) is 3.81. The zero-order valence-corrected chi connectivity index (χ0v) is 18.2. The lowest BCUT2D eigenvalue weighted by molar-refractivity contribution is 0.102. The number of benzene rings is 3. The van der Waals surface area contributed by atoms with Gasteiger partial charge in [-0.05, 0) is 93.8 Å². The van der Waals surface area contributed by atoms with Crippen LogP contribution < -0.4 is 10.1 Å². The third-order valence-electron chi connectivity index (χ3n) is 5.18. The molecule has 1 amide bonds. The van der Waals surface area contributed by atoms with E-state index in [0.29, 0.717) is 17.0 Å². The quantitative estimate of drug-likeness (QED) is 0.385. The number of carbonyl (C=O) groups is 1. The Kier molecular flexibility index (Phi) is 6.52. The highest BCUT2D eigenvalue weighted by Crippen LogP contribution is 2.27. The number of halogens is 1. The van der Waals surface area contributed by atoms with Crippen molar-refractivity contribution < 1.29 is 13.9 Å². The van der Waals surface area contributed by atoms with E-state index in [2.05, 4.69) is 47.2 Å². The maximum atomic E-state index is 13.3. The fourth-order valence-corrected chi connectivity index (χ4v) is 3.57. The summed E-state index contributed by atoms with van der Waals surface area (Å²) < 4.78 is 21.5. The summed E-state index contributed by atoms with van der Waals surface area (Å²) in [5.41, 5.74) is 2.06. The zero-order chi connectivity index (χ0) is 22.5. The number of nitrogens with zero attached hydrogens (tertiary/aromatic N) is 2. The van der Waals surface area contributed by atoms with Crippen LogP contribution in [0.1, 0.15) is 16.8 Å². The number of nitrogens with one attached hydrogen (secondary N) is 1. The van der Waals surface area contributed by atoms with E-state index in [1.165, 1.54) is 17.6 Å². The predicted octanol–water partition coefficient (Wildman–Crippen LogP) is 5.78. The molecule has 0 aliphatic carbocycles. The summed E-state index contributed by atoms with van der Waals surface area (Å²) in [5.74, 6) is 0.671. The van der Waals surface area contributed by atoms with Crippen molar-refractivity contribution in [1.82, 2.24) is 9.47 Å². The van der Waals surface area contributed by atoms with Crippen molar-refractivity contribution in [2.45, 2.75) is 13.0 Å². The van der Waals surface area contributed by atoms with Gasteiger partial charge in [-0.25, -0.2) is 4.39 Å². The largest absolute Gasteiger partial charge is 0.457 e. The van der Waals surface area contributed by atoms with Crippen molar-refractivity contribution >= 4 is 22.5 Å². The Morgan fingerprint density at radius 3 is 2.53 bits per heavy atom. The standard InChI is InChI=1S/C26H26FN3O2/c1-29(2)14-4-15-30-16-13-20-17-24(11-12-25(20)30)32-23-9-7-19(8-10-23)26(31)28-22-6-3-5-21(27)18-22/h3,5-13,16-18H,4,14-15H2,1-2H3,(H,28,31). The van der Waals surface area contributed by atoms with E-state index in [0.717, 1.165) is 30.6 Å². The number of carbonyl (C=O) groups excluding carboxylic acids is 1. The molecular weight excluding hydrogens is 405 g/mol. The molecule has 0 saturated heterocycles. The van der Waals surface area contributed by atoms with Crippen molar-refractivity contribution in [3.8, 4) is 11.5 Å². The number of aryl methyl sites for hydroxylation is 1. The molecule has 1 N–H and O–H groups in total. The molecule has 4 aromatic rings. The predicted molar refractivity (Wildman–Crippen MR) is 126 cm³/mol. The van der Waals surface area contributed by atoms with E-state index in [1.54, 1.807) is 36.4 Å². The second kappa shape index (κ2) is 9.66.